The van der Waals surface area contributed by atoms with Gasteiger partial charge in [0.05, 0.1) is 7.11 Å². The molecule has 0 radical (unpaired) electrons. The van der Waals surface area contributed by atoms with Crippen LogP contribution in [0.5, 0.6) is 5.75 Å². The number of carbonyl (C=O) groups is 1. The van der Waals surface area contributed by atoms with E-state index in [-0.39, 0.29) is 5.91 Å². The standard InChI is InChI=1S/C21H27NO3/c1-4-25-21(13-7-8-15(2)14-21)20(23)22-18-11-12-19(24-3)17-10-6-5-9-16(17)18/h5-6,9-12,15H,4,7-8,13-14H2,1-3H3,(H,22,23)/t15-,21-/m1/s1. The average Bonchev–Trinajstić information content (AvgIpc) is 2.62. The van der Waals surface area contributed by atoms with Gasteiger partial charge in [-0.05, 0) is 44.2 Å². The van der Waals surface area contributed by atoms with Crippen LogP contribution in [0.1, 0.15) is 39.5 Å². The van der Waals surface area contributed by atoms with Crippen molar-refractivity contribution in [1.29, 1.82) is 0 Å². The normalized spacial score (nSPS) is 23.4. The third-order valence-corrected chi connectivity index (χ3v) is 5.14. The van der Waals surface area contributed by atoms with Gasteiger partial charge in [0.15, 0.2) is 0 Å². The second kappa shape index (κ2) is 7.44. The maximum atomic E-state index is 13.2. The molecular formula is C21H27NO3. The van der Waals surface area contributed by atoms with Crippen molar-refractivity contribution in [3.63, 3.8) is 0 Å². The molecule has 1 aliphatic carbocycles. The molecule has 2 aromatic rings. The summed E-state index contributed by atoms with van der Waals surface area (Å²) < 4.78 is 11.4. The predicted molar refractivity (Wildman–Crippen MR) is 101 cm³/mol. The maximum Gasteiger partial charge on any atom is 0.256 e. The molecule has 1 N–H and O–H groups in total. The van der Waals surface area contributed by atoms with Gasteiger partial charge in [-0.2, -0.15) is 0 Å². The van der Waals surface area contributed by atoms with Crippen LogP contribution < -0.4 is 10.1 Å². The summed E-state index contributed by atoms with van der Waals surface area (Å²) in [4.78, 5) is 13.2. The van der Waals surface area contributed by atoms with Gasteiger partial charge in [0.25, 0.3) is 5.91 Å². The average molecular weight is 341 g/mol. The highest BCUT2D eigenvalue weighted by molar-refractivity contribution is 6.06. The third-order valence-electron chi connectivity index (χ3n) is 5.14. The molecule has 0 aromatic heterocycles. The van der Waals surface area contributed by atoms with Crippen molar-refractivity contribution in [3.05, 3.63) is 36.4 Å². The summed E-state index contributed by atoms with van der Waals surface area (Å²) in [5.74, 6) is 1.27. The van der Waals surface area contributed by atoms with Crippen LogP contribution in [0.2, 0.25) is 0 Å². The fourth-order valence-corrected chi connectivity index (χ4v) is 3.98. The van der Waals surface area contributed by atoms with Gasteiger partial charge in [0, 0.05) is 23.1 Å². The monoisotopic (exact) mass is 341 g/mol. The fraction of sp³-hybridized carbons (Fsp3) is 0.476. The van der Waals surface area contributed by atoms with Crippen LogP contribution in [0.25, 0.3) is 10.8 Å². The van der Waals surface area contributed by atoms with E-state index in [1.165, 1.54) is 0 Å². The first-order chi connectivity index (χ1) is 12.1. The van der Waals surface area contributed by atoms with Gasteiger partial charge in [-0.25, -0.2) is 0 Å². The minimum atomic E-state index is -0.715. The molecule has 25 heavy (non-hydrogen) atoms. The zero-order valence-corrected chi connectivity index (χ0v) is 15.3. The first-order valence-electron chi connectivity index (χ1n) is 9.11. The Balaban J connectivity index is 1.93. The minimum Gasteiger partial charge on any atom is -0.496 e. The molecule has 3 rings (SSSR count). The maximum absolute atomic E-state index is 13.2. The van der Waals surface area contributed by atoms with E-state index in [1.807, 2.05) is 43.3 Å². The highest BCUT2D eigenvalue weighted by Crippen LogP contribution is 2.37. The lowest BCUT2D eigenvalue weighted by Gasteiger charge is -2.38. The smallest absolute Gasteiger partial charge is 0.256 e. The molecule has 134 valence electrons. The Hall–Kier alpha value is -2.07. The number of rotatable bonds is 5. The van der Waals surface area contributed by atoms with Crippen molar-refractivity contribution < 1.29 is 14.3 Å². The third kappa shape index (κ3) is 3.49. The number of carbonyl (C=O) groups excluding carboxylic acids is 1. The van der Waals surface area contributed by atoms with E-state index in [0.717, 1.165) is 47.9 Å². The van der Waals surface area contributed by atoms with E-state index < -0.39 is 5.60 Å². The molecule has 4 nitrogen and oxygen atoms in total. The van der Waals surface area contributed by atoms with Gasteiger partial charge < -0.3 is 14.8 Å². The van der Waals surface area contributed by atoms with Crippen molar-refractivity contribution in [1.82, 2.24) is 0 Å². The first-order valence-corrected chi connectivity index (χ1v) is 9.11. The number of ether oxygens (including phenoxy) is 2. The van der Waals surface area contributed by atoms with Crippen LogP contribution in [-0.4, -0.2) is 25.2 Å². The summed E-state index contributed by atoms with van der Waals surface area (Å²) in [6, 6.07) is 11.8. The fourth-order valence-electron chi connectivity index (χ4n) is 3.98. The molecule has 1 amide bonds. The molecule has 0 bridgehead atoms. The summed E-state index contributed by atoms with van der Waals surface area (Å²) in [5.41, 5.74) is 0.0895. The molecular weight excluding hydrogens is 314 g/mol. The number of hydrogen-bond acceptors (Lipinski definition) is 3. The summed E-state index contributed by atoms with van der Waals surface area (Å²) in [5, 5.41) is 5.10. The second-order valence-electron chi connectivity index (χ2n) is 6.94. The molecule has 0 saturated heterocycles. The van der Waals surface area contributed by atoms with Crippen LogP contribution in [0, 0.1) is 5.92 Å². The van der Waals surface area contributed by atoms with Gasteiger partial charge in [-0.1, -0.05) is 37.6 Å². The lowest BCUT2D eigenvalue weighted by molar-refractivity contribution is -0.147. The molecule has 1 fully saturated rings. The number of fused-ring (bicyclic) bond motifs is 1. The van der Waals surface area contributed by atoms with E-state index in [4.69, 9.17) is 9.47 Å². The molecule has 1 saturated carbocycles. The zero-order chi connectivity index (χ0) is 17.9. The SMILES string of the molecule is CCO[C@]1(C(=O)Nc2ccc(OC)c3ccccc23)CCC[C@@H](C)C1. The van der Waals surface area contributed by atoms with E-state index in [2.05, 4.69) is 12.2 Å². The van der Waals surface area contributed by atoms with Crippen LogP contribution in [-0.2, 0) is 9.53 Å². The molecule has 0 heterocycles. The number of amides is 1. The number of hydrogen-bond donors (Lipinski definition) is 1. The predicted octanol–water partition coefficient (Wildman–Crippen LogP) is 4.77. The van der Waals surface area contributed by atoms with Gasteiger partial charge in [0.2, 0.25) is 0 Å². The first kappa shape index (κ1) is 17.7. The lowest BCUT2D eigenvalue weighted by Crippen LogP contribution is -2.48. The molecule has 2 aromatic carbocycles. The summed E-state index contributed by atoms with van der Waals surface area (Å²) in [7, 11) is 1.66. The number of benzene rings is 2. The molecule has 0 unspecified atom stereocenters. The second-order valence-corrected chi connectivity index (χ2v) is 6.94. The van der Waals surface area contributed by atoms with Crippen molar-refractivity contribution >= 4 is 22.4 Å². The number of anilines is 1. The largest absolute Gasteiger partial charge is 0.496 e. The van der Waals surface area contributed by atoms with E-state index >= 15 is 0 Å². The molecule has 2 atom stereocenters. The molecule has 1 aliphatic rings. The minimum absolute atomic E-state index is 0.0313. The topological polar surface area (TPSA) is 47.6 Å². The lowest BCUT2D eigenvalue weighted by atomic mass is 9.78. The van der Waals surface area contributed by atoms with Crippen molar-refractivity contribution in [2.75, 3.05) is 19.0 Å². The van der Waals surface area contributed by atoms with E-state index in [1.54, 1.807) is 7.11 Å². The summed E-state index contributed by atoms with van der Waals surface area (Å²) in [6.45, 7) is 4.70. The van der Waals surface area contributed by atoms with Crippen molar-refractivity contribution in [3.8, 4) is 5.75 Å². The highest BCUT2D eigenvalue weighted by atomic mass is 16.5. The quantitative estimate of drug-likeness (QED) is 0.852. The molecule has 0 spiro atoms. The van der Waals surface area contributed by atoms with Gasteiger partial charge >= 0.3 is 0 Å². The Bertz CT molecular complexity index is 754. The Morgan fingerprint density at radius 3 is 2.68 bits per heavy atom. The molecule has 4 heteroatoms. The Labute approximate surface area is 149 Å². The van der Waals surface area contributed by atoms with Gasteiger partial charge in [-0.3, -0.25) is 4.79 Å². The van der Waals surface area contributed by atoms with E-state index in [9.17, 15) is 4.79 Å². The van der Waals surface area contributed by atoms with Crippen molar-refractivity contribution in [2.24, 2.45) is 5.92 Å². The highest BCUT2D eigenvalue weighted by Gasteiger charge is 2.42. The van der Waals surface area contributed by atoms with E-state index in [0.29, 0.717) is 12.5 Å². The zero-order valence-electron chi connectivity index (χ0n) is 15.3. The summed E-state index contributed by atoms with van der Waals surface area (Å²) >= 11 is 0. The van der Waals surface area contributed by atoms with Crippen LogP contribution in [0.15, 0.2) is 36.4 Å². The van der Waals surface area contributed by atoms with Crippen LogP contribution in [0.4, 0.5) is 5.69 Å². The van der Waals surface area contributed by atoms with Gasteiger partial charge in [0.1, 0.15) is 11.4 Å². The summed E-state index contributed by atoms with van der Waals surface area (Å²) in [6.07, 6.45) is 3.75. The number of nitrogens with one attached hydrogen (secondary N) is 1. The Morgan fingerprint density at radius 1 is 1.24 bits per heavy atom. The Morgan fingerprint density at radius 2 is 2.00 bits per heavy atom. The van der Waals surface area contributed by atoms with Gasteiger partial charge in [-0.15, -0.1) is 0 Å². The molecule has 0 aliphatic heterocycles. The Kier molecular flexibility index (Phi) is 5.28. The van der Waals surface area contributed by atoms with Crippen LogP contribution in [0.3, 0.4) is 0 Å². The number of methoxy groups -OCH3 is 1. The van der Waals surface area contributed by atoms with Crippen LogP contribution >= 0.6 is 0 Å². The van der Waals surface area contributed by atoms with Crippen molar-refractivity contribution in [2.45, 2.75) is 45.1 Å².